The molecule has 0 radical (unpaired) electrons. The zero-order valence-corrected chi connectivity index (χ0v) is 20.1. The number of ether oxygens (including phenoxy) is 1. The number of benzene rings is 1. The highest BCUT2D eigenvalue weighted by molar-refractivity contribution is 5.26. The van der Waals surface area contributed by atoms with Gasteiger partial charge in [0.15, 0.2) is 0 Å². The smallest absolute Gasteiger partial charge is 0.119 e. The van der Waals surface area contributed by atoms with Crippen LogP contribution in [0.5, 0.6) is 5.75 Å². The summed E-state index contributed by atoms with van der Waals surface area (Å²) in [6, 6.07) is 8.15. The van der Waals surface area contributed by atoms with Crippen LogP contribution in [0.25, 0.3) is 0 Å². The van der Waals surface area contributed by atoms with Gasteiger partial charge in [-0.25, -0.2) is 0 Å². The summed E-state index contributed by atoms with van der Waals surface area (Å²) in [7, 11) is 0. The molecule has 0 aliphatic rings. The molecule has 2 N–H and O–H groups in total. The average molecular weight is 404 g/mol. The molecule has 1 rings (SSSR count). The minimum atomic E-state index is 0.590. The minimum Gasteiger partial charge on any atom is -0.494 e. The van der Waals surface area contributed by atoms with Gasteiger partial charge in [-0.05, 0) is 47.8 Å². The molecule has 168 valence electrons. The van der Waals surface area contributed by atoms with Crippen LogP contribution in [0.2, 0.25) is 0 Å². The summed E-state index contributed by atoms with van der Waals surface area (Å²) in [6.07, 6.45) is 13.7. The molecular weight excluding hydrogens is 354 g/mol. The Labute approximate surface area is 182 Å². The first-order valence-corrected chi connectivity index (χ1v) is 12.3. The fourth-order valence-corrected chi connectivity index (χ4v) is 4.04. The second kappa shape index (κ2) is 15.8. The molecule has 0 aliphatic carbocycles. The summed E-state index contributed by atoms with van der Waals surface area (Å²) in [6.45, 7) is 13.3. The Morgan fingerprint density at radius 3 is 1.55 bits per heavy atom. The molecule has 0 heterocycles. The summed E-state index contributed by atoms with van der Waals surface area (Å²) in [5, 5.41) is 0. The maximum atomic E-state index is 5.88. The Hall–Kier alpha value is -1.02. The van der Waals surface area contributed by atoms with Crippen molar-refractivity contribution in [3.63, 3.8) is 0 Å². The fraction of sp³-hybridized carbons (Fsp3) is 0.778. The molecule has 3 unspecified atom stereocenters. The molecule has 0 aliphatic heterocycles. The average Bonchev–Trinajstić information content (AvgIpc) is 2.68. The van der Waals surface area contributed by atoms with Crippen molar-refractivity contribution < 1.29 is 4.74 Å². The quantitative estimate of drug-likeness (QED) is 0.286. The summed E-state index contributed by atoms with van der Waals surface area (Å²) in [5.41, 5.74) is 6.79. The van der Waals surface area contributed by atoms with Gasteiger partial charge in [-0.15, -0.1) is 0 Å². The summed E-state index contributed by atoms with van der Waals surface area (Å²) in [5.74, 6) is 4.35. The second-order valence-corrected chi connectivity index (χ2v) is 9.99. The van der Waals surface area contributed by atoms with E-state index in [4.69, 9.17) is 10.5 Å². The van der Waals surface area contributed by atoms with Gasteiger partial charge in [0.25, 0.3) is 0 Å². The third-order valence-corrected chi connectivity index (χ3v) is 6.30. The van der Waals surface area contributed by atoms with Crippen LogP contribution in [-0.4, -0.2) is 6.61 Å². The Morgan fingerprint density at radius 2 is 1.10 bits per heavy atom. The molecular formula is C27H49NO. The topological polar surface area (TPSA) is 35.2 Å². The highest BCUT2D eigenvalue weighted by Crippen LogP contribution is 2.23. The first-order valence-electron chi connectivity index (χ1n) is 12.3. The van der Waals surface area contributed by atoms with Crippen molar-refractivity contribution in [2.75, 3.05) is 6.61 Å². The van der Waals surface area contributed by atoms with Crippen molar-refractivity contribution in [3.8, 4) is 5.75 Å². The van der Waals surface area contributed by atoms with E-state index in [0.29, 0.717) is 6.54 Å². The molecule has 0 saturated carbocycles. The molecule has 1 aromatic rings. The molecule has 0 aromatic heterocycles. The number of hydrogen-bond donors (Lipinski definition) is 1. The molecule has 2 heteroatoms. The van der Waals surface area contributed by atoms with Gasteiger partial charge in [0.1, 0.15) is 5.75 Å². The van der Waals surface area contributed by atoms with Crippen LogP contribution in [0, 0.1) is 23.7 Å². The van der Waals surface area contributed by atoms with Crippen molar-refractivity contribution in [2.45, 2.75) is 105 Å². The fourth-order valence-electron chi connectivity index (χ4n) is 4.04. The van der Waals surface area contributed by atoms with Crippen molar-refractivity contribution in [1.29, 1.82) is 0 Å². The van der Waals surface area contributed by atoms with Crippen LogP contribution in [0.15, 0.2) is 24.3 Å². The summed E-state index contributed by atoms with van der Waals surface area (Å²) < 4.78 is 5.88. The molecule has 0 spiro atoms. The highest BCUT2D eigenvalue weighted by Gasteiger charge is 2.08. The standard InChI is InChI=1S/C27H49NO/c1-22(2)9-6-10-23(3)11-7-12-24(4)13-8-14-25(5)19-20-29-27-17-15-26(21-28)16-18-27/h15-18,22-25H,6-14,19-21,28H2,1-5H3. The first-order chi connectivity index (χ1) is 13.9. The number of rotatable bonds is 17. The van der Waals surface area contributed by atoms with Crippen molar-refractivity contribution in [3.05, 3.63) is 29.8 Å². The van der Waals surface area contributed by atoms with Gasteiger partial charge in [-0.1, -0.05) is 105 Å². The minimum absolute atomic E-state index is 0.590. The van der Waals surface area contributed by atoms with Gasteiger partial charge in [0.05, 0.1) is 6.61 Å². The molecule has 2 nitrogen and oxygen atoms in total. The van der Waals surface area contributed by atoms with Gasteiger partial charge in [0, 0.05) is 6.54 Å². The second-order valence-electron chi connectivity index (χ2n) is 9.99. The van der Waals surface area contributed by atoms with Crippen LogP contribution in [0.1, 0.15) is 104 Å². The van der Waals surface area contributed by atoms with E-state index in [1.807, 2.05) is 24.3 Å². The molecule has 3 atom stereocenters. The Morgan fingerprint density at radius 1 is 0.655 bits per heavy atom. The third-order valence-electron chi connectivity index (χ3n) is 6.30. The van der Waals surface area contributed by atoms with Gasteiger partial charge in [0.2, 0.25) is 0 Å². The monoisotopic (exact) mass is 403 g/mol. The largest absolute Gasteiger partial charge is 0.494 e. The Balaban J connectivity index is 2.01. The predicted octanol–water partition coefficient (Wildman–Crippen LogP) is 7.99. The van der Waals surface area contributed by atoms with Crippen molar-refractivity contribution in [1.82, 2.24) is 0 Å². The molecule has 0 fully saturated rings. The van der Waals surface area contributed by atoms with Crippen LogP contribution in [0.3, 0.4) is 0 Å². The van der Waals surface area contributed by atoms with Crippen LogP contribution in [-0.2, 0) is 6.54 Å². The van der Waals surface area contributed by atoms with E-state index in [1.165, 1.54) is 57.8 Å². The van der Waals surface area contributed by atoms with E-state index in [0.717, 1.165) is 48.0 Å². The Bertz CT molecular complexity index is 496. The van der Waals surface area contributed by atoms with Crippen LogP contribution >= 0.6 is 0 Å². The normalized spacial score (nSPS) is 14.7. The number of hydrogen-bond acceptors (Lipinski definition) is 2. The number of nitrogens with two attached hydrogens (primary N) is 1. The summed E-state index contributed by atoms with van der Waals surface area (Å²) in [4.78, 5) is 0. The summed E-state index contributed by atoms with van der Waals surface area (Å²) >= 11 is 0. The maximum Gasteiger partial charge on any atom is 0.119 e. The highest BCUT2D eigenvalue weighted by atomic mass is 16.5. The van der Waals surface area contributed by atoms with E-state index in [9.17, 15) is 0 Å². The van der Waals surface area contributed by atoms with Crippen molar-refractivity contribution >= 4 is 0 Å². The lowest BCUT2D eigenvalue weighted by Gasteiger charge is -2.16. The lowest BCUT2D eigenvalue weighted by Crippen LogP contribution is -2.05. The zero-order chi connectivity index (χ0) is 21.5. The molecule has 0 amide bonds. The van der Waals surface area contributed by atoms with E-state index in [1.54, 1.807) is 0 Å². The predicted molar refractivity (Wildman–Crippen MR) is 128 cm³/mol. The molecule has 29 heavy (non-hydrogen) atoms. The van der Waals surface area contributed by atoms with Crippen LogP contribution in [0.4, 0.5) is 0 Å². The van der Waals surface area contributed by atoms with E-state index >= 15 is 0 Å². The molecule has 0 saturated heterocycles. The van der Waals surface area contributed by atoms with Gasteiger partial charge < -0.3 is 10.5 Å². The van der Waals surface area contributed by atoms with Crippen LogP contribution < -0.4 is 10.5 Å². The van der Waals surface area contributed by atoms with Crippen molar-refractivity contribution in [2.24, 2.45) is 29.4 Å². The lowest BCUT2D eigenvalue weighted by molar-refractivity contribution is 0.274. The zero-order valence-electron chi connectivity index (χ0n) is 20.1. The van der Waals surface area contributed by atoms with E-state index < -0.39 is 0 Å². The van der Waals surface area contributed by atoms with Gasteiger partial charge in [-0.2, -0.15) is 0 Å². The van der Waals surface area contributed by atoms with Gasteiger partial charge in [-0.3, -0.25) is 0 Å². The SMILES string of the molecule is CC(C)CCCC(C)CCCC(C)CCCC(C)CCOc1ccc(CN)cc1. The lowest BCUT2D eigenvalue weighted by atomic mass is 9.91. The maximum absolute atomic E-state index is 5.88. The molecule has 1 aromatic carbocycles. The Kier molecular flexibility index (Phi) is 14.1. The van der Waals surface area contributed by atoms with E-state index in [-0.39, 0.29) is 0 Å². The van der Waals surface area contributed by atoms with Gasteiger partial charge >= 0.3 is 0 Å². The van der Waals surface area contributed by atoms with E-state index in [2.05, 4.69) is 34.6 Å². The molecule has 0 bridgehead atoms. The first kappa shape index (κ1) is 26.0. The third kappa shape index (κ3) is 13.8.